The number of nitrogens with one attached hydrogen (secondary N) is 2. The fourth-order valence-electron chi connectivity index (χ4n) is 2.27. The van der Waals surface area contributed by atoms with Gasteiger partial charge in [0.15, 0.2) is 6.29 Å². The number of aldehydes is 1. The average molecular weight is 262 g/mol. The lowest BCUT2D eigenvalue weighted by Gasteiger charge is -1.92. The van der Waals surface area contributed by atoms with Gasteiger partial charge in [0, 0.05) is 34.2 Å². The van der Waals surface area contributed by atoms with Crippen molar-refractivity contribution in [2.24, 2.45) is 0 Å². The molecule has 0 saturated heterocycles. The molecule has 0 fully saturated rings. The minimum atomic E-state index is 0.712. The highest BCUT2D eigenvalue weighted by atomic mass is 16.1. The van der Waals surface area contributed by atoms with Crippen molar-refractivity contribution in [2.45, 2.75) is 0 Å². The van der Waals surface area contributed by atoms with Crippen LogP contribution in [0.25, 0.3) is 21.8 Å². The van der Waals surface area contributed by atoms with E-state index in [-0.39, 0.29) is 0 Å². The van der Waals surface area contributed by atoms with E-state index >= 15 is 0 Å². The fraction of sp³-hybridized carbons (Fsp3) is 0. The van der Waals surface area contributed by atoms with E-state index in [1.54, 1.807) is 0 Å². The number of H-pyrrole nitrogens is 2. The zero-order chi connectivity index (χ0) is 13.8. The largest absolute Gasteiger partial charge is 0.368 e. The number of aromatic amines is 2. The van der Waals surface area contributed by atoms with Crippen molar-refractivity contribution in [1.29, 1.82) is 0 Å². The normalized spacial score (nSPS) is 10.2. The fourth-order valence-corrected chi connectivity index (χ4v) is 2.27. The first kappa shape index (κ1) is 12.2. The summed E-state index contributed by atoms with van der Waals surface area (Å²) in [4.78, 5) is 17.0. The van der Waals surface area contributed by atoms with Crippen LogP contribution < -0.4 is 0 Å². The second-order valence-corrected chi connectivity index (χ2v) is 4.44. The summed E-state index contributed by atoms with van der Waals surface area (Å²) in [6.45, 7) is 0. The highest BCUT2D eigenvalue weighted by Gasteiger charge is 2.05. The Balaban J connectivity index is 0.000000205. The zero-order valence-corrected chi connectivity index (χ0v) is 10.8. The Bertz CT molecular complexity index is 811. The van der Waals surface area contributed by atoms with Gasteiger partial charge in [-0.2, -0.15) is 0 Å². The molecular formula is C17H14N2O. The molecule has 0 aliphatic heterocycles. The van der Waals surface area contributed by atoms with E-state index in [4.69, 9.17) is 0 Å². The summed E-state index contributed by atoms with van der Waals surface area (Å²) < 4.78 is 0. The average Bonchev–Trinajstić information content (AvgIpc) is 3.17. The number of para-hydroxylation sites is 2. The predicted molar refractivity (Wildman–Crippen MR) is 82.0 cm³/mol. The molecule has 0 aliphatic carbocycles. The van der Waals surface area contributed by atoms with Crippen LogP contribution in [0.4, 0.5) is 0 Å². The molecule has 0 radical (unpaired) electrons. The van der Waals surface area contributed by atoms with Crippen LogP contribution in [-0.4, -0.2) is 16.3 Å². The molecule has 0 amide bonds. The topological polar surface area (TPSA) is 48.6 Å². The van der Waals surface area contributed by atoms with Crippen molar-refractivity contribution in [3.63, 3.8) is 0 Å². The molecule has 4 rings (SSSR count). The van der Waals surface area contributed by atoms with E-state index < -0.39 is 0 Å². The van der Waals surface area contributed by atoms with Gasteiger partial charge >= 0.3 is 0 Å². The first-order valence-corrected chi connectivity index (χ1v) is 6.42. The summed E-state index contributed by atoms with van der Waals surface area (Å²) in [5, 5.41) is 2.27. The van der Waals surface area contributed by atoms with Gasteiger partial charge < -0.3 is 9.97 Å². The minimum Gasteiger partial charge on any atom is -0.368 e. The molecule has 3 nitrogen and oxygen atoms in total. The number of hydrogen-bond acceptors (Lipinski definition) is 1. The molecule has 2 N–H and O–H groups in total. The number of rotatable bonds is 1. The highest BCUT2D eigenvalue weighted by molar-refractivity contribution is 6.11. The minimum absolute atomic E-state index is 0.712. The third-order valence-corrected chi connectivity index (χ3v) is 3.20. The summed E-state index contributed by atoms with van der Waals surface area (Å²) >= 11 is 0. The molecule has 3 heteroatoms. The summed E-state index contributed by atoms with van der Waals surface area (Å²) in [7, 11) is 0. The molecular weight excluding hydrogens is 248 g/mol. The Morgan fingerprint density at radius 3 is 2.25 bits per heavy atom. The molecule has 2 heterocycles. The van der Waals surface area contributed by atoms with Crippen LogP contribution in [0.3, 0.4) is 0 Å². The summed E-state index contributed by atoms with van der Waals surface area (Å²) in [6, 6.07) is 17.7. The van der Waals surface area contributed by atoms with Crippen molar-refractivity contribution in [3.05, 3.63) is 72.6 Å². The lowest BCUT2D eigenvalue weighted by atomic mass is 10.1. The third-order valence-electron chi connectivity index (χ3n) is 3.20. The van der Waals surface area contributed by atoms with Crippen LogP contribution in [0.1, 0.15) is 10.4 Å². The molecule has 4 aromatic rings. The summed E-state index contributed by atoms with van der Waals surface area (Å²) in [5.41, 5.74) is 2.71. The molecule has 0 aliphatic rings. The van der Waals surface area contributed by atoms with Gasteiger partial charge in [0.25, 0.3) is 0 Å². The van der Waals surface area contributed by atoms with E-state index in [0.717, 1.165) is 28.1 Å². The molecule has 0 spiro atoms. The van der Waals surface area contributed by atoms with E-state index in [0.29, 0.717) is 5.56 Å². The van der Waals surface area contributed by atoms with Crippen molar-refractivity contribution in [2.75, 3.05) is 0 Å². The maximum absolute atomic E-state index is 10.9. The standard InChI is InChI=1S/C13H9NO.C4H5N/c15-8-9-4-3-6-11-10-5-1-2-7-12(10)14-13(9)11;1-2-4-5-3-1/h1-8,14H;1-5H. The van der Waals surface area contributed by atoms with Crippen LogP contribution in [0.5, 0.6) is 0 Å². The second-order valence-electron chi connectivity index (χ2n) is 4.44. The zero-order valence-electron chi connectivity index (χ0n) is 10.8. The molecule has 20 heavy (non-hydrogen) atoms. The van der Waals surface area contributed by atoms with Gasteiger partial charge in [-0.05, 0) is 24.3 Å². The lowest BCUT2D eigenvalue weighted by molar-refractivity contribution is 0.112. The second kappa shape index (κ2) is 5.45. The SMILES string of the molecule is O=Cc1cccc2c1[nH]c1ccccc12.c1cc[nH]c1. The van der Waals surface area contributed by atoms with E-state index in [1.165, 1.54) is 0 Å². The Morgan fingerprint density at radius 2 is 1.55 bits per heavy atom. The van der Waals surface area contributed by atoms with Gasteiger partial charge in [-0.15, -0.1) is 0 Å². The Labute approximate surface area is 116 Å². The molecule has 0 saturated carbocycles. The van der Waals surface area contributed by atoms with Crippen molar-refractivity contribution < 1.29 is 4.79 Å². The van der Waals surface area contributed by atoms with E-state index in [2.05, 4.69) is 16.0 Å². The number of fused-ring (bicyclic) bond motifs is 3. The first-order chi connectivity index (χ1) is 9.90. The Hall–Kier alpha value is -2.81. The van der Waals surface area contributed by atoms with Crippen LogP contribution in [0.15, 0.2) is 67.0 Å². The maximum atomic E-state index is 10.9. The molecule has 0 atom stereocenters. The van der Waals surface area contributed by atoms with Gasteiger partial charge in [0.05, 0.1) is 5.52 Å². The molecule has 0 unspecified atom stereocenters. The van der Waals surface area contributed by atoms with Crippen molar-refractivity contribution >= 4 is 28.1 Å². The monoisotopic (exact) mass is 262 g/mol. The van der Waals surface area contributed by atoms with Crippen molar-refractivity contribution in [1.82, 2.24) is 9.97 Å². The van der Waals surface area contributed by atoms with Gasteiger partial charge in [0.1, 0.15) is 0 Å². The first-order valence-electron chi connectivity index (χ1n) is 6.42. The summed E-state index contributed by atoms with van der Waals surface area (Å²) in [6.07, 6.45) is 4.64. The number of aromatic nitrogens is 2. The molecule has 98 valence electrons. The van der Waals surface area contributed by atoms with Gasteiger partial charge in [-0.3, -0.25) is 4.79 Å². The highest BCUT2D eigenvalue weighted by Crippen LogP contribution is 2.26. The quantitative estimate of drug-likeness (QED) is 0.497. The van der Waals surface area contributed by atoms with Crippen LogP contribution >= 0.6 is 0 Å². The Morgan fingerprint density at radius 1 is 0.800 bits per heavy atom. The number of carbonyl (C=O) groups excluding carboxylic acids is 1. The van der Waals surface area contributed by atoms with Crippen LogP contribution in [-0.2, 0) is 0 Å². The van der Waals surface area contributed by atoms with E-state index in [9.17, 15) is 4.79 Å². The number of benzene rings is 2. The molecule has 2 aromatic carbocycles. The smallest absolute Gasteiger partial charge is 0.152 e. The van der Waals surface area contributed by atoms with Gasteiger partial charge in [0.2, 0.25) is 0 Å². The Kier molecular flexibility index (Phi) is 3.33. The molecule has 0 bridgehead atoms. The predicted octanol–water partition coefficient (Wildman–Crippen LogP) is 4.15. The summed E-state index contributed by atoms with van der Waals surface area (Å²) in [5.74, 6) is 0. The number of hydrogen-bond donors (Lipinski definition) is 2. The maximum Gasteiger partial charge on any atom is 0.152 e. The van der Waals surface area contributed by atoms with E-state index in [1.807, 2.05) is 60.9 Å². The van der Waals surface area contributed by atoms with Gasteiger partial charge in [-0.25, -0.2) is 0 Å². The van der Waals surface area contributed by atoms with Crippen LogP contribution in [0.2, 0.25) is 0 Å². The van der Waals surface area contributed by atoms with Crippen LogP contribution in [0, 0.1) is 0 Å². The molecule has 2 aromatic heterocycles. The van der Waals surface area contributed by atoms with Crippen molar-refractivity contribution in [3.8, 4) is 0 Å². The lowest BCUT2D eigenvalue weighted by Crippen LogP contribution is -1.80. The van der Waals surface area contributed by atoms with Gasteiger partial charge in [-0.1, -0.05) is 30.3 Å². The number of carbonyl (C=O) groups is 1. The third kappa shape index (κ3) is 2.21.